The minimum absolute atomic E-state index is 0.0118. The fourth-order valence-electron chi connectivity index (χ4n) is 10.2. The van der Waals surface area contributed by atoms with Crippen molar-refractivity contribution in [2.75, 3.05) is 13.1 Å². The number of aliphatic hydroxyl groups is 1. The van der Waals surface area contributed by atoms with Gasteiger partial charge in [0.05, 0.1) is 80.0 Å². The molecule has 3 fully saturated rings. The smallest absolute Gasteiger partial charge is 0.338 e. The second-order valence-corrected chi connectivity index (χ2v) is 19.9. The highest BCUT2D eigenvalue weighted by atomic mass is 16.7. The van der Waals surface area contributed by atoms with Crippen LogP contribution in [0, 0.1) is 0 Å². The first-order valence-corrected chi connectivity index (χ1v) is 27.3. The molecule has 2 saturated heterocycles. The van der Waals surface area contributed by atoms with Crippen LogP contribution in [0.25, 0.3) is 41.8 Å². The van der Waals surface area contributed by atoms with Crippen molar-refractivity contribution < 1.29 is 66.9 Å². The van der Waals surface area contributed by atoms with E-state index in [2.05, 4.69) is 40.1 Å². The van der Waals surface area contributed by atoms with Gasteiger partial charge in [-0.1, -0.05) is 166 Å². The summed E-state index contributed by atoms with van der Waals surface area (Å²) in [5.41, 5.74) is 42.0. The van der Waals surface area contributed by atoms with E-state index < -0.39 is 116 Å². The number of carbonyl (C=O) groups is 3. The summed E-state index contributed by atoms with van der Waals surface area (Å²) >= 11 is 0. The number of hydrogen-bond donors (Lipinski definition) is 1. The minimum atomic E-state index is -2.01. The van der Waals surface area contributed by atoms with E-state index in [9.17, 15) is 41.6 Å². The zero-order chi connectivity index (χ0) is 60.0. The Labute approximate surface area is 491 Å². The van der Waals surface area contributed by atoms with E-state index in [1.807, 2.05) is 91.0 Å². The first-order chi connectivity index (χ1) is 42.2. The van der Waals surface area contributed by atoms with Crippen LogP contribution in [0.4, 0.5) is 0 Å². The summed E-state index contributed by atoms with van der Waals surface area (Å²) in [6.07, 6.45) is -20.9. The van der Waals surface area contributed by atoms with Crippen LogP contribution in [0.2, 0.25) is 0 Å². The largest absolute Gasteiger partial charge is 0.452 e. The molecule has 86 heavy (non-hydrogen) atoms. The SMILES string of the molecule is [N-]=[N+]=NC[C@H]1O[C@H](O[C@H]2[C@H](O)[C@@H](O[C@@H]3O[C@H](CN=[N+]=[N-])[C@@H](OC(=O)c4ccccc4)[C@H](OC(=O)c4ccccc4)[C@H]3OC(=O)c3ccccc3)[C@H](N=[N+]=[N-])C[C@@H]2N=[N+]=[N-])[C@H](OCc2ccccc2)[C@@H](OCc2ccccc2)[C@@H]1OCc1ccccc1. The molecule has 3 aliphatic rings. The second-order valence-electron chi connectivity index (χ2n) is 19.9. The van der Waals surface area contributed by atoms with Crippen LogP contribution in [0.3, 0.4) is 0 Å². The van der Waals surface area contributed by atoms with Gasteiger partial charge in [-0.3, -0.25) is 0 Å². The Balaban J connectivity index is 1.12. The van der Waals surface area contributed by atoms with Crippen molar-refractivity contribution in [3.63, 3.8) is 0 Å². The van der Waals surface area contributed by atoms with Crippen molar-refractivity contribution in [2.45, 2.75) is 118 Å². The molecular weight excluding hydrogens is 1110 g/mol. The number of hydrogen-bond acceptors (Lipinski definition) is 18. The maximum absolute atomic E-state index is 14.3. The van der Waals surface area contributed by atoms with Crippen molar-refractivity contribution in [2.24, 2.45) is 20.5 Å². The van der Waals surface area contributed by atoms with E-state index >= 15 is 0 Å². The fraction of sp³-hybridized carbons (Fsp3) is 0.350. The third-order valence-electron chi connectivity index (χ3n) is 14.3. The van der Waals surface area contributed by atoms with Crippen molar-refractivity contribution >= 4 is 17.9 Å². The Kier molecular flexibility index (Phi) is 22.1. The van der Waals surface area contributed by atoms with E-state index in [4.69, 9.17) is 47.4 Å². The Morgan fingerprint density at radius 2 is 0.756 bits per heavy atom. The first kappa shape index (κ1) is 61.2. The van der Waals surface area contributed by atoms with Crippen LogP contribution >= 0.6 is 0 Å². The normalized spacial score (nSPS) is 26.8. The number of carbonyl (C=O) groups excluding carboxylic acids is 3. The van der Waals surface area contributed by atoms with Crippen molar-refractivity contribution in [3.8, 4) is 0 Å². The summed E-state index contributed by atoms with van der Waals surface area (Å²) < 4.78 is 65.5. The van der Waals surface area contributed by atoms with E-state index in [0.29, 0.717) is 0 Å². The second kappa shape index (κ2) is 31.0. The molecule has 26 nitrogen and oxygen atoms in total. The molecule has 26 heteroatoms. The van der Waals surface area contributed by atoms with Gasteiger partial charge in [0.25, 0.3) is 0 Å². The van der Waals surface area contributed by atoms with Gasteiger partial charge < -0.3 is 52.5 Å². The molecule has 0 unspecified atom stereocenters. The minimum Gasteiger partial charge on any atom is -0.452 e. The molecule has 2 heterocycles. The van der Waals surface area contributed by atoms with Crippen LogP contribution in [0.5, 0.6) is 0 Å². The summed E-state index contributed by atoms with van der Waals surface area (Å²) in [4.78, 5) is 54.6. The molecule has 6 aromatic carbocycles. The zero-order valence-corrected chi connectivity index (χ0v) is 45.8. The molecule has 6 aromatic rings. The number of azide groups is 4. The van der Waals surface area contributed by atoms with Gasteiger partial charge in [-0.25, -0.2) is 14.4 Å². The maximum Gasteiger partial charge on any atom is 0.338 e. The average molecular weight is 1170 g/mol. The van der Waals surface area contributed by atoms with Crippen LogP contribution in [0.15, 0.2) is 202 Å². The predicted molar refractivity (Wildman–Crippen MR) is 304 cm³/mol. The van der Waals surface area contributed by atoms with E-state index in [0.717, 1.165) is 16.7 Å². The highest BCUT2D eigenvalue weighted by molar-refractivity contribution is 5.91. The van der Waals surface area contributed by atoms with E-state index in [-0.39, 0.29) is 49.5 Å². The number of nitrogens with zero attached hydrogens (tertiary/aromatic N) is 12. The van der Waals surface area contributed by atoms with Gasteiger partial charge in [-0.05, 0) is 81.6 Å². The monoisotopic (exact) mass is 1170 g/mol. The van der Waals surface area contributed by atoms with Gasteiger partial charge in [0.15, 0.2) is 30.9 Å². The van der Waals surface area contributed by atoms with Crippen molar-refractivity contribution in [1.82, 2.24) is 0 Å². The highest BCUT2D eigenvalue weighted by Crippen LogP contribution is 2.39. The number of esters is 3. The Morgan fingerprint density at radius 1 is 0.419 bits per heavy atom. The molecule has 2 aliphatic heterocycles. The quantitative estimate of drug-likeness (QED) is 0.0183. The third-order valence-corrected chi connectivity index (χ3v) is 14.3. The Hall–Kier alpha value is -9.35. The fourth-order valence-corrected chi connectivity index (χ4v) is 10.2. The summed E-state index contributed by atoms with van der Waals surface area (Å²) in [6, 6.07) is 48.1. The lowest BCUT2D eigenvalue weighted by Gasteiger charge is -2.50. The lowest BCUT2D eigenvalue weighted by molar-refractivity contribution is -0.347. The molecule has 0 bridgehead atoms. The number of ether oxygens (including phenoxy) is 10. The summed E-state index contributed by atoms with van der Waals surface area (Å²) in [7, 11) is 0. The van der Waals surface area contributed by atoms with Crippen LogP contribution in [-0.4, -0.2) is 128 Å². The van der Waals surface area contributed by atoms with E-state index in [1.165, 1.54) is 36.4 Å². The van der Waals surface area contributed by atoms with Gasteiger partial charge >= 0.3 is 17.9 Å². The van der Waals surface area contributed by atoms with Crippen LogP contribution in [0.1, 0.15) is 54.2 Å². The molecule has 0 amide bonds. The first-order valence-electron chi connectivity index (χ1n) is 27.3. The maximum atomic E-state index is 14.3. The van der Waals surface area contributed by atoms with Gasteiger partial charge in [0.2, 0.25) is 0 Å². The number of rotatable bonds is 25. The average Bonchev–Trinajstić information content (AvgIpc) is 1.31. The van der Waals surface area contributed by atoms with Gasteiger partial charge in [-0.15, -0.1) is 0 Å². The standard InChI is InChI=1S/C60H58N12O14/c61-69-65-32-45-50(77-34-37-19-7-1-8-20-37)52(78-35-38-21-9-2-10-22-38)54(79-36-39-23-11-3-12-24-39)59(80-45)85-48-43(67-71-63)31-44(68-72-64)49(47(48)73)86-60-55(84-58(76)42-29-17-6-18-30-42)53(83-57(75)41-27-15-5-16-28-41)51(46(81-60)33-66-70-62)82-56(74)40-25-13-4-14-26-40/h1-30,43-55,59-60,73H,31-36H2/t43-,44+,45+,46+,47-,48+,49-,50+,51+,52-,53-,54+,55+,59+,60-/m0/s1. The summed E-state index contributed by atoms with van der Waals surface area (Å²) in [5, 5.41) is 28.5. The molecule has 442 valence electrons. The summed E-state index contributed by atoms with van der Waals surface area (Å²) in [5.74, 6) is -2.92. The lowest BCUT2D eigenvalue weighted by atomic mass is 9.84. The predicted octanol–water partition coefficient (Wildman–Crippen LogP) is 10.4. The highest BCUT2D eigenvalue weighted by Gasteiger charge is 2.57. The molecule has 0 aromatic heterocycles. The molecular formula is C60H58N12O14. The molecule has 0 spiro atoms. The Bertz CT molecular complexity index is 3370. The van der Waals surface area contributed by atoms with Crippen LogP contribution in [-0.2, 0) is 67.2 Å². The van der Waals surface area contributed by atoms with E-state index in [1.54, 1.807) is 54.6 Å². The number of aliphatic hydroxyl groups excluding tert-OH is 1. The number of benzene rings is 6. The molecule has 1 N–H and O–H groups in total. The molecule has 9 rings (SSSR count). The molecule has 1 saturated carbocycles. The topological polar surface area (TPSA) is 359 Å². The zero-order valence-electron chi connectivity index (χ0n) is 45.8. The van der Waals surface area contributed by atoms with Gasteiger partial charge in [0.1, 0.15) is 30.5 Å². The van der Waals surface area contributed by atoms with Gasteiger partial charge in [-0.2, -0.15) is 0 Å². The summed E-state index contributed by atoms with van der Waals surface area (Å²) in [6.45, 7) is -0.891. The molecule has 1 aliphatic carbocycles. The molecule has 15 atom stereocenters. The van der Waals surface area contributed by atoms with Crippen molar-refractivity contribution in [1.29, 1.82) is 0 Å². The molecule has 0 radical (unpaired) electrons. The van der Waals surface area contributed by atoms with Crippen LogP contribution < -0.4 is 0 Å². The lowest BCUT2D eigenvalue weighted by Crippen LogP contribution is -2.66. The third kappa shape index (κ3) is 15.9. The van der Waals surface area contributed by atoms with Gasteiger partial charge in [0, 0.05) is 19.6 Å². The van der Waals surface area contributed by atoms with Crippen molar-refractivity contribution in [3.05, 3.63) is 257 Å². The Morgan fingerprint density at radius 3 is 1.15 bits per heavy atom.